The first-order chi connectivity index (χ1) is 13.2. The first-order valence-electron chi connectivity index (χ1n) is 8.25. The molecule has 1 heterocycles. The Morgan fingerprint density at radius 3 is 2.32 bits per heavy atom. The van der Waals surface area contributed by atoms with E-state index in [4.69, 9.17) is 4.42 Å². The van der Waals surface area contributed by atoms with Crippen molar-refractivity contribution >= 4 is 10.0 Å². The van der Waals surface area contributed by atoms with Gasteiger partial charge in [0.05, 0.1) is 6.54 Å². The van der Waals surface area contributed by atoms with Crippen LogP contribution in [-0.2, 0) is 16.6 Å². The molecule has 0 N–H and O–H groups in total. The fraction of sp³-hybridized carbons (Fsp3) is 0.222. The van der Waals surface area contributed by atoms with E-state index in [9.17, 15) is 21.6 Å². The average molecular weight is 411 g/mol. The molecule has 0 saturated carbocycles. The molecule has 10 heteroatoms. The maximum atomic E-state index is 14.1. The predicted octanol–water partition coefficient (Wildman–Crippen LogP) is 3.75. The minimum Gasteiger partial charge on any atom is -0.419 e. The van der Waals surface area contributed by atoms with Crippen LogP contribution in [0.5, 0.6) is 0 Å². The second kappa shape index (κ2) is 7.72. The molecule has 0 atom stereocenters. The summed E-state index contributed by atoms with van der Waals surface area (Å²) >= 11 is 0. The van der Waals surface area contributed by atoms with Gasteiger partial charge in [-0.3, -0.25) is 0 Å². The molecule has 6 nitrogen and oxygen atoms in total. The second-order valence-electron chi connectivity index (χ2n) is 6.18. The standard InChI is InChI=1S/C18H16F3N3O3S/c1-11(2)24(28(25,26)14-9-8-13(19)16(20)17(14)21)10-15-22-23-18(27-15)12-6-4-3-5-7-12/h3-9,11H,10H2,1-2H3. The van der Waals surface area contributed by atoms with Crippen molar-refractivity contribution in [1.82, 2.24) is 14.5 Å². The van der Waals surface area contributed by atoms with Crippen molar-refractivity contribution in [3.05, 3.63) is 65.8 Å². The molecule has 28 heavy (non-hydrogen) atoms. The van der Waals surface area contributed by atoms with Gasteiger partial charge in [-0.25, -0.2) is 21.6 Å². The molecule has 0 spiro atoms. The third kappa shape index (κ3) is 3.78. The van der Waals surface area contributed by atoms with Crippen LogP contribution in [0, 0.1) is 17.5 Å². The summed E-state index contributed by atoms with van der Waals surface area (Å²) in [4.78, 5) is -0.970. The SMILES string of the molecule is CC(C)N(Cc1nnc(-c2ccccc2)o1)S(=O)(=O)c1ccc(F)c(F)c1F. The van der Waals surface area contributed by atoms with E-state index in [2.05, 4.69) is 10.2 Å². The van der Waals surface area contributed by atoms with Crippen LogP contribution in [0.3, 0.4) is 0 Å². The Balaban J connectivity index is 1.94. The lowest BCUT2D eigenvalue weighted by Gasteiger charge is -2.24. The number of rotatable bonds is 6. The smallest absolute Gasteiger partial charge is 0.247 e. The first-order valence-corrected chi connectivity index (χ1v) is 9.69. The van der Waals surface area contributed by atoms with Crippen LogP contribution in [0.4, 0.5) is 13.2 Å². The van der Waals surface area contributed by atoms with Gasteiger partial charge in [0.25, 0.3) is 0 Å². The van der Waals surface area contributed by atoms with Crippen molar-refractivity contribution in [2.24, 2.45) is 0 Å². The number of hydrogen-bond acceptors (Lipinski definition) is 5. The summed E-state index contributed by atoms with van der Waals surface area (Å²) < 4.78 is 72.8. The molecule has 1 aromatic heterocycles. The monoisotopic (exact) mass is 411 g/mol. The molecule has 0 bridgehead atoms. The summed E-state index contributed by atoms with van der Waals surface area (Å²) in [5.41, 5.74) is 0.645. The van der Waals surface area contributed by atoms with Crippen molar-refractivity contribution in [3.63, 3.8) is 0 Å². The average Bonchev–Trinajstić information content (AvgIpc) is 3.13. The number of aromatic nitrogens is 2. The number of benzene rings is 2. The minimum absolute atomic E-state index is 0.0286. The normalized spacial score (nSPS) is 12.1. The number of hydrogen-bond donors (Lipinski definition) is 0. The number of sulfonamides is 1. The highest BCUT2D eigenvalue weighted by atomic mass is 32.2. The van der Waals surface area contributed by atoms with Gasteiger partial charge in [-0.2, -0.15) is 4.31 Å². The van der Waals surface area contributed by atoms with E-state index in [0.29, 0.717) is 17.7 Å². The zero-order chi connectivity index (χ0) is 20.5. The Morgan fingerprint density at radius 2 is 1.68 bits per heavy atom. The van der Waals surface area contributed by atoms with Crippen molar-refractivity contribution in [2.75, 3.05) is 0 Å². The third-order valence-electron chi connectivity index (χ3n) is 3.94. The van der Waals surface area contributed by atoms with E-state index in [-0.39, 0.29) is 18.3 Å². The zero-order valence-electron chi connectivity index (χ0n) is 14.9. The molecular formula is C18H16F3N3O3S. The minimum atomic E-state index is -4.50. The van der Waals surface area contributed by atoms with Crippen LogP contribution >= 0.6 is 0 Å². The highest BCUT2D eigenvalue weighted by Crippen LogP contribution is 2.26. The molecule has 3 rings (SSSR count). The van der Waals surface area contributed by atoms with Crippen LogP contribution in [0.2, 0.25) is 0 Å². The lowest BCUT2D eigenvalue weighted by molar-refractivity contribution is 0.310. The molecule has 0 unspecified atom stereocenters. The lowest BCUT2D eigenvalue weighted by atomic mass is 10.2. The van der Waals surface area contributed by atoms with E-state index in [1.807, 2.05) is 6.07 Å². The third-order valence-corrected chi connectivity index (χ3v) is 5.98. The van der Waals surface area contributed by atoms with Crippen LogP contribution in [0.1, 0.15) is 19.7 Å². The maximum Gasteiger partial charge on any atom is 0.247 e. The van der Waals surface area contributed by atoms with Crippen LogP contribution in [0.25, 0.3) is 11.5 Å². The van der Waals surface area contributed by atoms with Crippen molar-refractivity contribution in [3.8, 4) is 11.5 Å². The van der Waals surface area contributed by atoms with Gasteiger partial charge in [0.15, 0.2) is 17.5 Å². The number of halogens is 3. The van der Waals surface area contributed by atoms with E-state index < -0.39 is 38.4 Å². The van der Waals surface area contributed by atoms with Crippen molar-refractivity contribution in [1.29, 1.82) is 0 Å². The molecule has 2 aromatic carbocycles. The summed E-state index contributed by atoms with van der Waals surface area (Å²) in [7, 11) is -4.50. The molecule has 0 aliphatic heterocycles. The quantitative estimate of drug-likeness (QED) is 0.578. The zero-order valence-corrected chi connectivity index (χ0v) is 15.8. The largest absolute Gasteiger partial charge is 0.419 e. The van der Waals surface area contributed by atoms with E-state index >= 15 is 0 Å². The highest BCUT2D eigenvalue weighted by molar-refractivity contribution is 7.89. The molecular weight excluding hydrogens is 395 g/mol. The molecule has 0 fully saturated rings. The maximum absolute atomic E-state index is 14.1. The van der Waals surface area contributed by atoms with Crippen LogP contribution < -0.4 is 0 Å². The number of nitrogens with zero attached hydrogens (tertiary/aromatic N) is 3. The molecule has 0 radical (unpaired) electrons. The molecule has 3 aromatic rings. The molecule has 0 aliphatic carbocycles. The summed E-state index contributed by atoms with van der Waals surface area (Å²) in [6.45, 7) is 2.73. The summed E-state index contributed by atoms with van der Waals surface area (Å²) in [6.07, 6.45) is 0. The van der Waals surface area contributed by atoms with Crippen molar-refractivity contribution < 1.29 is 26.0 Å². The van der Waals surface area contributed by atoms with Gasteiger partial charge in [0.2, 0.25) is 21.8 Å². The van der Waals surface area contributed by atoms with E-state index in [1.165, 1.54) is 0 Å². The van der Waals surface area contributed by atoms with E-state index in [0.717, 1.165) is 4.31 Å². The van der Waals surface area contributed by atoms with Crippen LogP contribution in [0.15, 0.2) is 51.8 Å². The van der Waals surface area contributed by atoms with Gasteiger partial charge in [0, 0.05) is 11.6 Å². The van der Waals surface area contributed by atoms with Gasteiger partial charge < -0.3 is 4.42 Å². The summed E-state index contributed by atoms with van der Waals surface area (Å²) in [5.74, 6) is -4.94. The van der Waals surface area contributed by atoms with Gasteiger partial charge in [-0.05, 0) is 38.1 Å². The van der Waals surface area contributed by atoms with E-state index in [1.54, 1.807) is 38.1 Å². The van der Waals surface area contributed by atoms with Gasteiger partial charge in [-0.15, -0.1) is 10.2 Å². The topological polar surface area (TPSA) is 76.3 Å². The fourth-order valence-corrected chi connectivity index (χ4v) is 4.17. The predicted molar refractivity (Wildman–Crippen MR) is 93.9 cm³/mol. The second-order valence-corrected chi connectivity index (χ2v) is 8.04. The Labute approximate surface area is 159 Å². The lowest BCUT2D eigenvalue weighted by Crippen LogP contribution is -2.37. The Kier molecular flexibility index (Phi) is 5.52. The van der Waals surface area contributed by atoms with Crippen LogP contribution in [-0.4, -0.2) is 29.0 Å². The summed E-state index contributed by atoms with van der Waals surface area (Å²) in [5, 5.41) is 7.70. The Hall–Kier alpha value is -2.72. The molecule has 0 saturated heterocycles. The van der Waals surface area contributed by atoms with Gasteiger partial charge >= 0.3 is 0 Å². The molecule has 0 amide bonds. The Bertz CT molecular complexity index is 1090. The van der Waals surface area contributed by atoms with Gasteiger partial charge in [0.1, 0.15) is 4.90 Å². The molecule has 148 valence electrons. The summed E-state index contributed by atoms with van der Waals surface area (Å²) in [6, 6.07) is 9.43. The fourth-order valence-electron chi connectivity index (χ4n) is 2.53. The Morgan fingerprint density at radius 1 is 1.00 bits per heavy atom. The van der Waals surface area contributed by atoms with Crippen molar-refractivity contribution in [2.45, 2.75) is 31.3 Å². The molecule has 0 aliphatic rings. The first kappa shape index (κ1) is 20.0. The van der Waals surface area contributed by atoms with Gasteiger partial charge in [-0.1, -0.05) is 18.2 Å². The highest BCUT2D eigenvalue weighted by Gasteiger charge is 2.33.